The van der Waals surface area contributed by atoms with Crippen LogP contribution in [0.3, 0.4) is 0 Å². The fourth-order valence-electron chi connectivity index (χ4n) is 0.355. The first-order valence-electron chi connectivity index (χ1n) is 2.63. The quantitative estimate of drug-likeness (QED) is 0.449. The molecule has 0 rings (SSSR count). The Balaban J connectivity index is 0. The average Bonchev–Trinajstić information content (AvgIpc) is 1.59. The van der Waals surface area contributed by atoms with Gasteiger partial charge in [-0.2, -0.15) is 0 Å². The molecule has 1 atom stereocenters. The molecular formula is C5H10AgNO3. The van der Waals surface area contributed by atoms with Crippen molar-refractivity contribution in [3.63, 3.8) is 0 Å². The molecule has 64 valence electrons. The zero-order chi connectivity index (χ0) is 7.49. The molecule has 0 aromatic carbocycles. The number of aliphatic carboxylic acids is 1. The molecule has 4 nitrogen and oxygen atoms in total. The van der Waals surface area contributed by atoms with Gasteiger partial charge >= 0.3 is 22.4 Å². The van der Waals surface area contributed by atoms with E-state index in [4.69, 9.17) is 10.8 Å². The van der Waals surface area contributed by atoms with Crippen LogP contribution < -0.4 is 10.8 Å². The summed E-state index contributed by atoms with van der Waals surface area (Å²) in [5.74, 6) is -1.19. The molecule has 0 aliphatic heterocycles. The summed E-state index contributed by atoms with van der Waals surface area (Å²) in [7, 11) is 0. The minimum Gasteiger partial charge on any atom is -0.550 e. The smallest absolute Gasteiger partial charge is 0.550 e. The van der Waals surface area contributed by atoms with Crippen LogP contribution in [0.25, 0.3) is 0 Å². The van der Waals surface area contributed by atoms with E-state index in [2.05, 4.69) is 0 Å². The summed E-state index contributed by atoms with van der Waals surface area (Å²) in [6.45, 7) is 1.34. The summed E-state index contributed by atoms with van der Waals surface area (Å²) in [4.78, 5) is 9.77. The monoisotopic (exact) mass is 239 g/mol. The maximum absolute atomic E-state index is 9.77. The SMILES string of the molecule is CC(N)(O)CCC(=O)[O-].[Ag+]. The second-order valence-corrected chi connectivity index (χ2v) is 2.23. The summed E-state index contributed by atoms with van der Waals surface area (Å²) in [5.41, 5.74) is 3.66. The number of carboxylic acids is 1. The van der Waals surface area contributed by atoms with Gasteiger partial charge in [0, 0.05) is 5.97 Å². The molecule has 0 spiro atoms. The number of carbonyl (C=O) groups excluding carboxylic acids is 1. The number of carbonyl (C=O) groups is 1. The fourth-order valence-corrected chi connectivity index (χ4v) is 0.355. The third kappa shape index (κ3) is 11.0. The predicted octanol–water partition coefficient (Wildman–Crippen LogP) is -1.82. The molecule has 0 aromatic heterocycles. The van der Waals surface area contributed by atoms with Crippen molar-refractivity contribution in [2.75, 3.05) is 0 Å². The maximum Gasteiger partial charge on any atom is 1.00 e. The average molecular weight is 240 g/mol. The van der Waals surface area contributed by atoms with Crippen LogP contribution in [0.4, 0.5) is 0 Å². The molecule has 0 saturated heterocycles. The van der Waals surface area contributed by atoms with Gasteiger partial charge < -0.3 is 20.7 Å². The fraction of sp³-hybridized carbons (Fsp3) is 0.800. The van der Waals surface area contributed by atoms with E-state index in [1.807, 2.05) is 0 Å². The van der Waals surface area contributed by atoms with Crippen LogP contribution in [-0.4, -0.2) is 16.8 Å². The van der Waals surface area contributed by atoms with Gasteiger partial charge in [0.2, 0.25) is 0 Å². The molecule has 0 heterocycles. The summed E-state index contributed by atoms with van der Waals surface area (Å²) in [6.07, 6.45) is -0.182. The Morgan fingerprint density at radius 3 is 2.30 bits per heavy atom. The molecule has 1 unspecified atom stereocenters. The van der Waals surface area contributed by atoms with Gasteiger partial charge in [0.1, 0.15) is 5.72 Å². The Hall–Kier alpha value is 0.130. The number of rotatable bonds is 3. The maximum atomic E-state index is 9.77. The van der Waals surface area contributed by atoms with Crippen molar-refractivity contribution in [1.29, 1.82) is 0 Å². The van der Waals surface area contributed by atoms with Crippen molar-refractivity contribution in [2.45, 2.75) is 25.5 Å². The second kappa shape index (κ2) is 4.87. The Morgan fingerprint density at radius 1 is 1.80 bits per heavy atom. The molecule has 0 aliphatic carbocycles. The third-order valence-electron chi connectivity index (χ3n) is 0.835. The molecule has 0 bridgehead atoms. The Bertz CT molecular complexity index is 110. The van der Waals surface area contributed by atoms with Gasteiger partial charge in [0.15, 0.2) is 0 Å². The summed E-state index contributed by atoms with van der Waals surface area (Å²) < 4.78 is 0. The van der Waals surface area contributed by atoms with Crippen LogP contribution in [0.2, 0.25) is 0 Å². The first-order valence-corrected chi connectivity index (χ1v) is 2.63. The largest absolute Gasteiger partial charge is 1.00 e. The van der Waals surface area contributed by atoms with Crippen LogP contribution in [0, 0.1) is 0 Å². The molecule has 0 radical (unpaired) electrons. The van der Waals surface area contributed by atoms with E-state index in [9.17, 15) is 9.90 Å². The molecule has 10 heavy (non-hydrogen) atoms. The van der Waals surface area contributed by atoms with E-state index in [1.54, 1.807) is 0 Å². The minimum atomic E-state index is -1.39. The zero-order valence-electron chi connectivity index (χ0n) is 5.56. The Morgan fingerprint density at radius 2 is 2.20 bits per heavy atom. The van der Waals surface area contributed by atoms with Crippen LogP contribution in [0.1, 0.15) is 19.8 Å². The number of carboxylic acid groups (broad SMARTS) is 1. The molecule has 0 aliphatic rings. The van der Waals surface area contributed by atoms with Crippen LogP contribution in [0.5, 0.6) is 0 Å². The molecule has 0 saturated carbocycles. The molecule has 0 amide bonds. The molecule has 0 fully saturated rings. The van der Waals surface area contributed by atoms with Crippen molar-refractivity contribution in [3.05, 3.63) is 0 Å². The zero-order valence-corrected chi connectivity index (χ0v) is 7.04. The summed E-state index contributed by atoms with van der Waals surface area (Å²) in [5, 5.41) is 18.5. The first kappa shape index (κ1) is 12.8. The van der Waals surface area contributed by atoms with Crippen LogP contribution in [-0.2, 0) is 27.2 Å². The number of nitrogens with two attached hydrogens (primary N) is 1. The molecule has 0 aromatic rings. The summed E-state index contributed by atoms with van der Waals surface area (Å²) in [6, 6.07) is 0. The van der Waals surface area contributed by atoms with Gasteiger partial charge in [-0.05, 0) is 19.8 Å². The number of hydrogen-bond donors (Lipinski definition) is 2. The van der Waals surface area contributed by atoms with Crippen molar-refractivity contribution in [2.24, 2.45) is 5.73 Å². The number of hydrogen-bond acceptors (Lipinski definition) is 4. The van der Waals surface area contributed by atoms with Gasteiger partial charge in [-0.25, -0.2) is 0 Å². The Kier molecular flexibility index (Phi) is 6.22. The standard InChI is InChI=1S/C5H11NO3.Ag/c1-5(6,9)3-2-4(7)8;/h9H,2-3,6H2,1H3,(H,7,8);/q;+1/p-1. The normalized spacial score (nSPS) is 15.1. The predicted molar refractivity (Wildman–Crippen MR) is 29.1 cm³/mol. The van der Waals surface area contributed by atoms with E-state index in [-0.39, 0.29) is 35.2 Å². The third-order valence-corrected chi connectivity index (χ3v) is 0.835. The van der Waals surface area contributed by atoms with Crippen molar-refractivity contribution in [1.82, 2.24) is 0 Å². The van der Waals surface area contributed by atoms with Gasteiger partial charge in [-0.3, -0.25) is 0 Å². The second-order valence-electron chi connectivity index (χ2n) is 2.23. The first-order chi connectivity index (χ1) is 3.92. The van der Waals surface area contributed by atoms with Gasteiger partial charge in [-0.1, -0.05) is 0 Å². The van der Waals surface area contributed by atoms with Crippen molar-refractivity contribution >= 4 is 5.97 Å². The Labute approximate surface area is 74.9 Å². The van der Waals surface area contributed by atoms with Crippen LogP contribution >= 0.6 is 0 Å². The van der Waals surface area contributed by atoms with Crippen molar-refractivity contribution < 1.29 is 37.4 Å². The summed E-state index contributed by atoms with van der Waals surface area (Å²) >= 11 is 0. The molecular weight excluding hydrogens is 230 g/mol. The van der Waals surface area contributed by atoms with E-state index in [0.717, 1.165) is 0 Å². The van der Waals surface area contributed by atoms with Crippen molar-refractivity contribution in [3.8, 4) is 0 Å². The van der Waals surface area contributed by atoms with Gasteiger partial charge in [0.25, 0.3) is 0 Å². The van der Waals surface area contributed by atoms with E-state index < -0.39 is 11.7 Å². The minimum absolute atomic E-state index is 0. The van der Waals surface area contributed by atoms with E-state index >= 15 is 0 Å². The topological polar surface area (TPSA) is 86.4 Å². The van der Waals surface area contributed by atoms with Gasteiger partial charge in [-0.15, -0.1) is 0 Å². The molecule has 3 N–H and O–H groups in total. The van der Waals surface area contributed by atoms with E-state index in [0.29, 0.717) is 0 Å². The van der Waals surface area contributed by atoms with Crippen LogP contribution in [0.15, 0.2) is 0 Å². The molecule has 5 heteroatoms. The number of aliphatic hydroxyl groups is 1. The van der Waals surface area contributed by atoms with Gasteiger partial charge in [0.05, 0.1) is 0 Å². The van der Waals surface area contributed by atoms with E-state index in [1.165, 1.54) is 6.92 Å².